The molecule has 1 saturated heterocycles. The molecule has 0 spiro atoms. The first-order chi connectivity index (χ1) is 14.7. The van der Waals surface area contributed by atoms with Gasteiger partial charge in [-0.1, -0.05) is 11.6 Å². The second kappa shape index (κ2) is 9.41. The van der Waals surface area contributed by atoms with Crippen LogP contribution in [0.2, 0.25) is 5.02 Å². The average Bonchev–Trinajstić information content (AvgIpc) is 3.29. The van der Waals surface area contributed by atoms with Crippen LogP contribution in [0.5, 0.6) is 0 Å². The standard InChI is InChI=1S/C19H18ClN3O7S/c20-16-8-5-14(11-17(16)23(26)27)21-18(24)12-30-19(25)13-3-6-15(7-4-13)31(28,29)22-9-1-2-10-22/h3-8,11H,1-2,9-10,12H2,(H,21,24). The van der Waals surface area contributed by atoms with E-state index in [0.717, 1.165) is 18.9 Å². The first-order valence-corrected chi connectivity index (χ1v) is 11.0. The zero-order valence-corrected chi connectivity index (χ0v) is 17.7. The number of amides is 1. The quantitative estimate of drug-likeness (QED) is 0.375. The Morgan fingerprint density at radius 1 is 1.13 bits per heavy atom. The molecule has 0 radical (unpaired) electrons. The molecule has 0 atom stereocenters. The lowest BCUT2D eigenvalue weighted by Gasteiger charge is -2.15. The van der Waals surface area contributed by atoms with Gasteiger partial charge in [-0.05, 0) is 49.2 Å². The molecule has 1 amide bonds. The Labute approximate surface area is 183 Å². The summed E-state index contributed by atoms with van der Waals surface area (Å²) >= 11 is 5.71. The lowest BCUT2D eigenvalue weighted by atomic mass is 10.2. The van der Waals surface area contributed by atoms with Crippen molar-refractivity contribution in [2.45, 2.75) is 17.7 Å². The van der Waals surface area contributed by atoms with Gasteiger partial charge in [-0.15, -0.1) is 0 Å². The maximum atomic E-state index is 12.5. The number of ether oxygens (including phenoxy) is 1. The monoisotopic (exact) mass is 467 g/mol. The van der Waals surface area contributed by atoms with Gasteiger partial charge in [-0.25, -0.2) is 13.2 Å². The molecule has 1 aliphatic rings. The van der Waals surface area contributed by atoms with E-state index in [9.17, 15) is 28.1 Å². The number of carbonyl (C=O) groups is 2. The zero-order valence-electron chi connectivity index (χ0n) is 16.1. The fraction of sp³-hybridized carbons (Fsp3) is 0.263. The molecule has 1 heterocycles. The van der Waals surface area contributed by atoms with Gasteiger partial charge in [0, 0.05) is 24.8 Å². The number of hydrogen-bond donors (Lipinski definition) is 1. The van der Waals surface area contributed by atoms with Crippen molar-refractivity contribution in [3.05, 3.63) is 63.2 Å². The molecule has 10 nitrogen and oxygen atoms in total. The van der Waals surface area contributed by atoms with E-state index in [2.05, 4.69) is 5.32 Å². The molecule has 1 aliphatic heterocycles. The highest BCUT2D eigenvalue weighted by atomic mass is 35.5. The first-order valence-electron chi connectivity index (χ1n) is 9.19. The van der Waals surface area contributed by atoms with E-state index in [-0.39, 0.29) is 26.9 Å². The minimum atomic E-state index is -3.59. The van der Waals surface area contributed by atoms with Gasteiger partial charge in [-0.2, -0.15) is 4.31 Å². The van der Waals surface area contributed by atoms with Crippen LogP contribution < -0.4 is 5.32 Å². The van der Waals surface area contributed by atoms with Crippen molar-refractivity contribution in [1.29, 1.82) is 0 Å². The third-order valence-corrected chi connectivity index (χ3v) is 6.79. The summed E-state index contributed by atoms with van der Waals surface area (Å²) in [5, 5.41) is 13.2. The van der Waals surface area contributed by atoms with Crippen molar-refractivity contribution in [1.82, 2.24) is 4.31 Å². The number of anilines is 1. The predicted octanol–water partition coefficient (Wildman–Crippen LogP) is 2.83. The van der Waals surface area contributed by atoms with E-state index in [1.807, 2.05) is 0 Å². The molecular formula is C19H18ClN3O7S. The van der Waals surface area contributed by atoms with Gasteiger partial charge < -0.3 is 10.1 Å². The SMILES string of the molecule is O=C(COC(=O)c1ccc(S(=O)(=O)N2CCCC2)cc1)Nc1ccc(Cl)c([N+](=O)[O-])c1. The van der Waals surface area contributed by atoms with Gasteiger partial charge in [0.05, 0.1) is 15.4 Å². The molecule has 12 heteroatoms. The number of esters is 1. The molecule has 2 aromatic carbocycles. The van der Waals surface area contributed by atoms with Gasteiger partial charge in [0.15, 0.2) is 6.61 Å². The van der Waals surface area contributed by atoms with Crippen molar-refractivity contribution in [2.75, 3.05) is 25.0 Å². The number of nitrogens with one attached hydrogen (secondary N) is 1. The predicted molar refractivity (Wildman–Crippen MR) is 111 cm³/mol. The maximum absolute atomic E-state index is 12.5. The molecule has 0 saturated carbocycles. The van der Waals surface area contributed by atoms with Crippen LogP contribution in [0, 0.1) is 10.1 Å². The van der Waals surface area contributed by atoms with Crippen molar-refractivity contribution in [2.24, 2.45) is 0 Å². The maximum Gasteiger partial charge on any atom is 0.338 e. The number of halogens is 1. The summed E-state index contributed by atoms with van der Waals surface area (Å²) in [6, 6.07) is 8.97. The van der Waals surface area contributed by atoms with Crippen LogP contribution in [-0.2, 0) is 19.6 Å². The summed E-state index contributed by atoms with van der Waals surface area (Å²) in [6.45, 7) is 0.305. The second-order valence-electron chi connectivity index (χ2n) is 6.68. The molecule has 0 aliphatic carbocycles. The fourth-order valence-corrected chi connectivity index (χ4v) is 4.69. The van der Waals surface area contributed by atoms with E-state index in [1.165, 1.54) is 40.7 Å². The molecule has 0 aromatic heterocycles. The number of rotatable bonds is 7. The van der Waals surface area contributed by atoms with Crippen molar-refractivity contribution in [3.63, 3.8) is 0 Å². The van der Waals surface area contributed by atoms with Crippen LogP contribution in [0.1, 0.15) is 23.2 Å². The Hall–Kier alpha value is -3.02. The van der Waals surface area contributed by atoms with E-state index in [1.54, 1.807) is 0 Å². The molecule has 164 valence electrons. The summed E-state index contributed by atoms with van der Waals surface area (Å²) in [5.74, 6) is -1.53. The molecule has 1 fully saturated rings. The number of hydrogen-bond acceptors (Lipinski definition) is 7. The molecule has 2 aromatic rings. The molecule has 3 rings (SSSR count). The van der Waals surface area contributed by atoms with E-state index in [0.29, 0.717) is 13.1 Å². The number of carbonyl (C=O) groups excluding carboxylic acids is 2. The summed E-state index contributed by atoms with van der Waals surface area (Å²) < 4.78 is 31.3. The van der Waals surface area contributed by atoms with Crippen LogP contribution in [-0.4, -0.2) is 49.2 Å². The lowest BCUT2D eigenvalue weighted by molar-refractivity contribution is -0.384. The van der Waals surface area contributed by atoms with E-state index in [4.69, 9.17) is 16.3 Å². The topological polar surface area (TPSA) is 136 Å². The van der Waals surface area contributed by atoms with Gasteiger partial charge >= 0.3 is 5.97 Å². The fourth-order valence-electron chi connectivity index (χ4n) is 2.98. The Morgan fingerprint density at radius 2 is 1.77 bits per heavy atom. The Kier molecular flexibility index (Phi) is 6.88. The van der Waals surface area contributed by atoms with Crippen LogP contribution in [0.25, 0.3) is 0 Å². The minimum Gasteiger partial charge on any atom is -0.452 e. The molecule has 31 heavy (non-hydrogen) atoms. The highest BCUT2D eigenvalue weighted by Crippen LogP contribution is 2.27. The number of nitro groups is 1. The van der Waals surface area contributed by atoms with Gasteiger partial charge in [0.25, 0.3) is 11.6 Å². The van der Waals surface area contributed by atoms with Crippen molar-refractivity contribution >= 4 is 44.9 Å². The van der Waals surface area contributed by atoms with E-state index >= 15 is 0 Å². The third-order valence-electron chi connectivity index (χ3n) is 4.55. The number of nitrogens with zero attached hydrogens (tertiary/aromatic N) is 2. The molecule has 1 N–H and O–H groups in total. The Balaban J connectivity index is 1.57. The highest BCUT2D eigenvalue weighted by Gasteiger charge is 2.27. The summed E-state index contributed by atoms with van der Waals surface area (Å²) in [5.41, 5.74) is -0.177. The Bertz CT molecular complexity index is 1110. The average molecular weight is 468 g/mol. The van der Waals surface area contributed by atoms with Gasteiger partial charge in [-0.3, -0.25) is 14.9 Å². The summed E-state index contributed by atoms with van der Waals surface area (Å²) in [6.07, 6.45) is 1.63. The van der Waals surface area contributed by atoms with Gasteiger partial charge in [0.2, 0.25) is 10.0 Å². The molecular weight excluding hydrogens is 450 g/mol. The Morgan fingerprint density at radius 3 is 2.39 bits per heavy atom. The number of benzene rings is 2. The minimum absolute atomic E-state index is 0.0769. The van der Waals surface area contributed by atoms with Crippen molar-refractivity contribution in [3.8, 4) is 0 Å². The first kappa shape index (κ1) is 22.7. The van der Waals surface area contributed by atoms with Crippen LogP contribution in [0.3, 0.4) is 0 Å². The molecule has 0 bridgehead atoms. The highest BCUT2D eigenvalue weighted by molar-refractivity contribution is 7.89. The third kappa shape index (κ3) is 5.37. The smallest absolute Gasteiger partial charge is 0.338 e. The normalized spacial score (nSPS) is 14.2. The summed E-state index contributed by atoms with van der Waals surface area (Å²) in [4.78, 5) is 34.4. The van der Waals surface area contributed by atoms with Crippen LogP contribution >= 0.6 is 11.6 Å². The van der Waals surface area contributed by atoms with Crippen LogP contribution in [0.4, 0.5) is 11.4 Å². The number of sulfonamides is 1. The van der Waals surface area contributed by atoms with E-state index < -0.39 is 33.4 Å². The zero-order chi connectivity index (χ0) is 22.6. The second-order valence-corrected chi connectivity index (χ2v) is 9.03. The summed E-state index contributed by atoms with van der Waals surface area (Å²) in [7, 11) is -3.59. The largest absolute Gasteiger partial charge is 0.452 e. The van der Waals surface area contributed by atoms with Crippen LogP contribution in [0.15, 0.2) is 47.4 Å². The lowest BCUT2D eigenvalue weighted by Crippen LogP contribution is -2.27. The van der Waals surface area contributed by atoms with Gasteiger partial charge in [0.1, 0.15) is 5.02 Å². The molecule has 0 unspecified atom stereocenters. The van der Waals surface area contributed by atoms with Crippen molar-refractivity contribution < 1.29 is 27.7 Å². The number of nitro benzene ring substituents is 1.